The van der Waals surface area contributed by atoms with Gasteiger partial charge in [-0.1, -0.05) is 24.3 Å². The van der Waals surface area contributed by atoms with Crippen LogP contribution in [0.2, 0.25) is 0 Å². The van der Waals surface area contributed by atoms with Gasteiger partial charge in [-0.2, -0.15) is 5.64 Å². The molecule has 0 aliphatic heterocycles. The molecule has 1 atom stereocenters. The number of hydrogen-bond donors (Lipinski definition) is 4. The Morgan fingerprint density at radius 3 is 2.38 bits per heavy atom. The fourth-order valence-corrected chi connectivity index (χ4v) is 3.34. The molecule has 0 aromatic heterocycles. The van der Waals surface area contributed by atoms with E-state index in [-0.39, 0.29) is 24.3 Å². The summed E-state index contributed by atoms with van der Waals surface area (Å²) in [4.78, 5) is 36.8. The number of hydrogen-bond acceptors (Lipinski definition) is 10. The lowest BCUT2D eigenvalue weighted by atomic mass is 10.2. The summed E-state index contributed by atoms with van der Waals surface area (Å²) >= 11 is 0. The molecule has 1 amide bonds. The lowest BCUT2D eigenvalue weighted by molar-refractivity contribution is -0.147. The highest BCUT2D eigenvalue weighted by atomic mass is 32.2. The quantitative estimate of drug-likeness (QED) is 0.134. The molecule has 0 aliphatic carbocycles. The molecule has 0 spiro atoms. The fraction of sp³-hybridized carbons (Fsp3) is 0.333. The average Bonchev–Trinajstić information content (AvgIpc) is 2.72. The normalized spacial score (nSPS) is 12.5. The third-order valence-corrected chi connectivity index (χ3v) is 5.58. The van der Waals surface area contributed by atoms with Gasteiger partial charge in [0.2, 0.25) is 15.7 Å². The standard InChI is InChI=1S/C18H22N3O10S/c1-11-5-7-13(8-6-11)32(28,29)12(2)17(20-31-21-27)30-9-3-4-15(22)19-14(18(25)26)10-16(23)24/h5-8,14,21H,2-4,9-10H2,1H3,(H,19,22)(H,23,24)(H,25,26)/q-1/b20-17+/t14-/m0/s1. The van der Waals surface area contributed by atoms with Gasteiger partial charge in [0.15, 0.2) is 0 Å². The number of rotatable bonds is 13. The van der Waals surface area contributed by atoms with Gasteiger partial charge >= 0.3 is 11.9 Å². The largest absolute Gasteiger partial charge is 0.753 e. The monoisotopic (exact) mass is 472 g/mol. The maximum absolute atomic E-state index is 12.7. The molecule has 13 nitrogen and oxygen atoms in total. The van der Waals surface area contributed by atoms with Crippen LogP contribution >= 0.6 is 0 Å². The number of carbonyl (C=O) groups is 3. The van der Waals surface area contributed by atoms with Crippen LogP contribution in [0.5, 0.6) is 0 Å². The first kappa shape index (κ1) is 26.5. The molecule has 176 valence electrons. The van der Waals surface area contributed by atoms with Gasteiger partial charge in [-0.15, -0.1) is 0 Å². The Bertz CT molecular complexity index is 973. The molecule has 1 aromatic carbocycles. The molecule has 0 radical (unpaired) electrons. The van der Waals surface area contributed by atoms with E-state index in [2.05, 4.69) is 16.7 Å². The molecule has 0 aliphatic rings. The number of carboxylic acid groups (broad SMARTS) is 2. The first-order chi connectivity index (χ1) is 15.0. The van der Waals surface area contributed by atoms with Crippen molar-refractivity contribution >= 4 is 33.6 Å². The minimum Gasteiger partial charge on any atom is -0.753 e. The molecule has 32 heavy (non-hydrogen) atoms. The summed E-state index contributed by atoms with van der Waals surface area (Å²) in [7, 11) is -4.14. The minimum absolute atomic E-state index is 0.0348. The van der Waals surface area contributed by atoms with Crippen LogP contribution in [0.25, 0.3) is 0 Å². The molecule has 0 fully saturated rings. The van der Waals surface area contributed by atoms with Crippen LogP contribution < -0.4 is 11.0 Å². The summed E-state index contributed by atoms with van der Waals surface area (Å²) in [5, 5.41) is 33.2. The van der Waals surface area contributed by atoms with E-state index in [0.717, 1.165) is 11.2 Å². The van der Waals surface area contributed by atoms with Crippen LogP contribution in [-0.4, -0.2) is 55.0 Å². The minimum atomic E-state index is -4.14. The van der Waals surface area contributed by atoms with Gasteiger partial charge in [-0.3, -0.25) is 9.59 Å². The van der Waals surface area contributed by atoms with Crippen molar-refractivity contribution in [3.05, 3.63) is 46.5 Å². The summed E-state index contributed by atoms with van der Waals surface area (Å²) in [5.41, 5.74) is 1.81. The third-order valence-electron chi connectivity index (χ3n) is 3.86. The van der Waals surface area contributed by atoms with Gasteiger partial charge < -0.3 is 30.4 Å². The summed E-state index contributed by atoms with van der Waals surface area (Å²) in [6.07, 6.45) is -1.11. The Labute approximate surface area is 183 Å². The number of carboxylic acids is 2. The number of amides is 1. The van der Waals surface area contributed by atoms with E-state index in [1.54, 1.807) is 19.1 Å². The molecule has 1 rings (SSSR count). The number of aliphatic carboxylic acids is 2. The smallest absolute Gasteiger partial charge is 0.326 e. The number of benzene rings is 1. The van der Waals surface area contributed by atoms with E-state index in [9.17, 15) is 28.0 Å². The van der Waals surface area contributed by atoms with Crippen LogP contribution in [-0.2, 0) is 33.9 Å². The lowest BCUT2D eigenvalue weighted by Gasteiger charge is -2.14. The van der Waals surface area contributed by atoms with Gasteiger partial charge in [0.05, 0.1) is 17.9 Å². The highest BCUT2D eigenvalue weighted by Gasteiger charge is 2.26. The van der Waals surface area contributed by atoms with Crippen molar-refractivity contribution in [3.8, 4) is 0 Å². The highest BCUT2D eigenvalue weighted by molar-refractivity contribution is 7.96. The second kappa shape index (κ2) is 12.4. The second-order valence-corrected chi connectivity index (χ2v) is 8.29. The van der Waals surface area contributed by atoms with Crippen molar-refractivity contribution in [3.63, 3.8) is 0 Å². The van der Waals surface area contributed by atoms with Gasteiger partial charge in [0.25, 0.3) is 5.90 Å². The molecule has 0 bridgehead atoms. The number of aryl methyl sites for hydroxylation is 1. The van der Waals surface area contributed by atoms with E-state index in [1.807, 2.05) is 5.32 Å². The molecule has 0 saturated heterocycles. The summed E-state index contributed by atoms with van der Waals surface area (Å²) in [6, 6.07) is 4.23. The van der Waals surface area contributed by atoms with Crippen molar-refractivity contribution < 1.29 is 42.7 Å². The van der Waals surface area contributed by atoms with E-state index < -0.39 is 50.9 Å². The number of sulfone groups is 1. The first-order valence-electron chi connectivity index (χ1n) is 8.98. The predicted molar refractivity (Wildman–Crippen MR) is 110 cm³/mol. The maximum Gasteiger partial charge on any atom is 0.326 e. The van der Waals surface area contributed by atoms with Gasteiger partial charge in [0, 0.05) is 6.42 Å². The van der Waals surface area contributed by atoms with Crippen LogP contribution in [0.3, 0.4) is 0 Å². The molecule has 0 unspecified atom stereocenters. The Balaban J connectivity index is 2.74. The number of oxime groups is 1. The van der Waals surface area contributed by atoms with E-state index >= 15 is 0 Å². The number of carbonyl (C=O) groups excluding carboxylic acids is 1. The topological polar surface area (TPSA) is 204 Å². The van der Waals surface area contributed by atoms with Gasteiger partial charge in [0.1, 0.15) is 10.9 Å². The average molecular weight is 472 g/mol. The Morgan fingerprint density at radius 2 is 1.84 bits per heavy atom. The predicted octanol–water partition coefficient (Wildman–Crippen LogP) is 0.456. The molecule has 1 aromatic rings. The van der Waals surface area contributed by atoms with E-state index in [4.69, 9.17) is 14.9 Å². The Kier molecular flexibility index (Phi) is 10.3. The zero-order valence-corrected chi connectivity index (χ0v) is 17.8. The van der Waals surface area contributed by atoms with Crippen LogP contribution in [0.4, 0.5) is 0 Å². The zero-order valence-electron chi connectivity index (χ0n) is 16.9. The van der Waals surface area contributed by atoms with Gasteiger partial charge in [-0.25, -0.2) is 13.2 Å². The second-order valence-electron chi connectivity index (χ2n) is 6.32. The van der Waals surface area contributed by atoms with Gasteiger partial charge in [-0.05, 0) is 30.6 Å². The molecule has 14 heteroatoms. The Morgan fingerprint density at radius 1 is 1.22 bits per heavy atom. The molecular weight excluding hydrogens is 450 g/mol. The van der Waals surface area contributed by atoms with Crippen LogP contribution in [0.15, 0.2) is 45.8 Å². The van der Waals surface area contributed by atoms with Crippen molar-refractivity contribution in [2.45, 2.75) is 37.1 Å². The maximum atomic E-state index is 12.7. The molecule has 0 heterocycles. The molecular formula is C18H22N3O10S-. The highest BCUT2D eigenvalue weighted by Crippen LogP contribution is 2.20. The van der Waals surface area contributed by atoms with Crippen molar-refractivity contribution in [1.29, 1.82) is 0 Å². The number of ether oxygens (including phenoxy) is 1. The van der Waals surface area contributed by atoms with Crippen molar-refractivity contribution in [1.82, 2.24) is 11.0 Å². The summed E-state index contributed by atoms with van der Waals surface area (Å²) < 4.78 is 30.5. The lowest BCUT2D eigenvalue weighted by Crippen LogP contribution is -2.42. The first-order valence-corrected chi connectivity index (χ1v) is 10.5. The Hall–Kier alpha value is -3.49. The zero-order chi connectivity index (χ0) is 24.3. The molecule has 0 saturated carbocycles. The SMILES string of the molecule is C=C(/C(=N\ON[O-])OCCCC(=O)N[C@@H](CC(=O)O)C(=O)O)S(=O)(=O)c1ccc(C)cc1. The van der Waals surface area contributed by atoms with Crippen molar-refractivity contribution in [2.24, 2.45) is 5.16 Å². The fourth-order valence-electron chi connectivity index (χ4n) is 2.24. The van der Waals surface area contributed by atoms with Crippen molar-refractivity contribution in [2.75, 3.05) is 6.61 Å². The summed E-state index contributed by atoms with van der Waals surface area (Å²) in [6.45, 7) is 4.91. The van der Waals surface area contributed by atoms with E-state index in [1.165, 1.54) is 12.1 Å². The number of nitrogens with one attached hydrogen (secondary N) is 2. The third kappa shape index (κ3) is 8.33. The van der Waals surface area contributed by atoms with E-state index in [0.29, 0.717) is 0 Å². The van der Waals surface area contributed by atoms with Crippen LogP contribution in [0.1, 0.15) is 24.8 Å². The molecule has 4 N–H and O–H groups in total. The summed E-state index contributed by atoms with van der Waals surface area (Å²) in [5.74, 6) is -4.30. The van der Waals surface area contributed by atoms with Crippen LogP contribution in [0, 0.1) is 12.1 Å². The number of nitrogens with zero attached hydrogens (tertiary/aromatic N) is 1.